The SMILES string of the molecule is NC(=O)N1CC2CC1CN2Cc1ccc(Oc2nc3ccccc3s2)cc1F. The molecule has 2 aliphatic heterocycles. The Hall–Kier alpha value is -2.71. The fourth-order valence-corrected chi connectivity index (χ4v) is 4.98. The molecule has 2 saturated heterocycles. The van der Waals surface area contributed by atoms with Crippen molar-refractivity contribution in [3.63, 3.8) is 0 Å². The molecule has 5 rings (SSSR count). The van der Waals surface area contributed by atoms with E-state index in [4.69, 9.17) is 10.5 Å². The molecule has 3 heterocycles. The number of hydrogen-bond donors (Lipinski definition) is 1. The van der Waals surface area contributed by atoms with Gasteiger partial charge in [0.25, 0.3) is 5.19 Å². The lowest BCUT2D eigenvalue weighted by molar-refractivity contribution is 0.136. The molecular weight excluding hydrogens is 379 g/mol. The van der Waals surface area contributed by atoms with Crippen molar-refractivity contribution in [1.82, 2.24) is 14.8 Å². The summed E-state index contributed by atoms with van der Waals surface area (Å²) in [5.74, 6) is 0.135. The van der Waals surface area contributed by atoms with Crippen LogP contribution in [-0.4, -0.2) is 46.0 Å². The Bertz CT molecular complexity index is 1020. The number of carbonyl (C=O) groups is 1. The van der Waals surface area contributed by atoms with E-state index in [1.165, 1.54) is 17.4 Å². The zero-order chi connectivity index (χ0) is 19.3. The highest BCUT2D eigenvalue weighted by Gasteiger charge is 2.44. The van der Waals surface area contributed by atoms with E-state index in [9.17, 15) is 9.18 Å². The van der Waals surface area contributed by atoms with Crippen LogP contribution >= 0.6 is 11.3 Å². The highest BCUT2D eigenvalue weighted by Crippen LogP contribution is 2.34. The molecule has 2 unspecified atom stereocenters. The van der Waals surface area contributed by atoms with Crippen molar-refractivity contribution >= 4 is 27.6 Å². The van der Waals surface area contributed by atoms with Crippen LogP contribution < -0.4 is 10.5 Å². The van der Waals surface area contributed by atoms with Crippen molar-refractivity contribution in [2.75, 3.05) is 13.1 Å². The average molecular weight is 398 g/mol. The molecule has 2 aliphatic rings. The molecule has 0 radical (unpaired) electrons. The fraction of sp³-hybridized carbons (Fsp3) is 0.300. The van der Waals surface area contributed by atoms with E-state index >= 15 is 0 Å². The molecule has 2 N–H and O–H groups in total. The van der Waals surface area contributed by atoms with E-state index < -0.39 is 0 Å². The van der Waals surface area contributed by atoms with Gasteiger partial charge in [-0.1, -0.05) is 29.5 Å². The molecule has 2 aromatic carbocycles. The maximum absolute atomic E-state index is 14.6. The number of carbonyl (C=O) groups excluding carboxylic acids is 1. The van der Waals surface area contributed by atoms with Crippen LogP contribution in [-0.2, 0) is 6.54 Å². The average Bonchev–Trinajstić information content (AvgIpc) is 3.36. The van der Waals surface area contributed by atoms with Crippen molar-refractivity contribution in [3.8, 4) is 10.9 Å². The molecule has 2 atom stereocenters. The summed E-state index contributed by atoms with van der Waals surface area (Å²) in [6, 6.07) is 12.7. The summed E-state index contributed by atoms with van der Waals surface area (Å²) in [7, 11) is 0. The van der Waals surface area contributed by atoms with Gasteiger partial charge in [-0.15, -0.1) is 0 Å². The van der Waals surface area contributed by atoms with Gasteiger partial charge in [0.05, 0.1) is 10.2 Å². The number of aromatic nitrogens is 1. The molecule has 1 aromatic heterocycles. The number of para-hydroxylation sites is 1. The van der Waals surface area contributed by atoms with Crippen LogP contribution in [0.1, 0.15) is 12.0 Å². The Balaban J connectivity index is 1.27. The first kappa shape index (κ1) is 17.4. The Morgan fingerprint density at radius 2 is 2.11 bits per heavy atom. The van der Waals surface area contributed by atoms with E-state index in [-0.39, 0.29) is 23.9 Å². The summed E-state index contributed by atoms with van der Waals surface area (Å²) in [6.07, 6.45) is 0.906. The molecule has 0 spiro atoms. The Morgan fingerprint density at radius 1 is 1.25 bits per heavy atom. The topological polar surface area (TPSA) is 71.7 Å². The minimum absolute atomic E-state index is 0.146. The highest BCUT2D eigenvalue weighted by molar-refractivity contribution is 7.20. The monoisotopic (exact) mass is 398 g/mol. The van der Waals surface area contributed by atoms with Crippen molar-refractivity contribution < 1.29 is 13.9 Å². The van der Waals surface area contributed by atoms with E-state index in [0.29, 0.717) is 29.6 Å². The van der Waals surface area contributed by atoms with Crippen molar-refractivity contribution in [2.45, 2.75) is 25.0 Å². The van der Waals surface area contributed by atoms with E-state index in [1.54, 1.807) is 17.0 Å². The van der Waals surface area contributed by atoms with Gasteiger partial charge in [0.1, 0.15) is 11.6 Å². The predicted molar refractivity (Wildman–Crippen MR) is 105 cm³/mol. The molecule has 2 amide bonds. The van der Waals surface area contributed by atoms with Gasteiger partial charge in [-0.2, -0.15) is 0 Å². The molecule has 8 heteroatoms. The number of benzene rings is 2. The lowest BCUT2D eigenvalue weighted by Gasteiger charge is -2.33. The van der Waals surface area contributed by atoms with E-state index in [0.717, 1.165) is 23.2 Å². The number of ether oxygens (including phenoxy) is 1. The fourth-order valence-electron chi connectivity index (χ4n) is 4.15. The number of likely N-dealkylation sites (tertiary alicyclic amines) is 2. The number of fused-ring (bicyclic) bond motifs is 3. The van der Waals surface area contributed by atoms with Crippen LogP contribution in [0.5, 0.6) is 10.9 Å². The number of thiazole rings is 1. The van der Waals surface area contributed by atoms with E-state index in [2.05, 4.69) is 9.88 Å². The first-order valence-corrected chi connectivity index (χ1v) is 10.0. The molecule has 6 nitrogen and oxygen atoms in total. The summed E-state index contributed by atoms with van der Waals surface area (Å²) in [6.45, 7) is 1.87. The quantitative estimate of drug-likeness (QED) is 0.729. The largest absolute Gasteiger partial charge is 0.431 e. The van der Waals surface area contributed by atoms with Gasteiger partial charge in [0.15, 0.2) is 0 Å². The number of nitrogens with two attached hydrogens (primary N) is 1. The second-order valence-corrected chi connectivity index (χ2v) is 8.26. The van der Waals surface area contributed by atoms with Crippen LogP contribution in [0.3, 0.4) is 0 Å². The summed E-state index contributed by atoms with van der Waals surface area (Å²) < 4.78 is 21.4. The minimum atomic E-state index is -0.366. The number of urea groups is 1. The summed E-state index contributed by atoms with van der Waals surface area (Å²) in [4.78, 5) is 19.8. The molecule has 0 aliphatic carbocycles. The lowest BCUT2D eigenvalue weighted by atomic mass is 10.1. The van der Waals surface area contributed by atoms with Gasteiger partial charge >= 0.3 is 6.03 Å². The molecule has 3 aromatic rings. The number of nitrogens with zero attached hydrogens (tertiary/aromatic N) is 3. The molecule has 28 heavy (non-hydrogen) atoms. The number of halogens is 1. The Kier molecular flexibility index (Phi) is 4.17. The van der Waals surface area contributed by atoms with Gasteiger partial charge in [0, 0.05) is 43.3 Å². The molecule has 0 saturated carbocycles. The maximum Gasteiger partial charge on any atom is 0.315 e. The first-order chi connectivity index (χ1) is 13.6. The normalized spacial score (nSPS) is 21.5. The molecule has 144 valence electrons. The Morgan fingerprint density at radius 3 is 2.82 bits per heavy atom. The number of amides is 2. The van der Waals surface area contributed by atoms with Gasteiger partial charge < -0.3 is 15.4 Å². The Labute approximate surface area is 165 Å². The second kappa shape index (κ2) is 6.72. The number of piperazine rings is 1. The van der Waals surface area contributed by atoms with Crippen LogP contribution in [0, 0.1) is 5.82 Å². The van der Waals surface area contributed by atoms with Gasteiger partial charge in [-0.3, -0.25) is 4.90 Å². The number of rotatable bonds is 4. The summed E-state index contributed by atoms with van der Waals surface area (Å²) >= 11 is 1.43. The van der Waals surface area contributed by atoms with Crippen molar-refractivity contribution in [2.24, 2.45) is 5.73 Å². The lowest BCUT2D eigenvalue weighted by Crippen LogP contribution is -2.50. The van der Waals surface area contributed by atoms with Crippen LogP contribution in [0.15, 0.2) is 42.5 Å². The minimum Gasteiger partial charge on any atom is -0.431 e. The summed E-state index contributed by atoms with van der Waals surface area (Å²) in [5, 5.41) is 0.497. The predicted octanol–water partition coefficient (Wildman–Crippen LogP) is 3.56. The molecular formula is C20H19FN4O2S. The van der Waals surface area contributed by atoms with Crippen molar-refractivity contribution in [3.05, 3.63) is 53.8 Å². The van der Waals surface area contributed by atoms with Gasteiger partial charge in [0.2, 0.25) is 0 Å². The first-order valence-electron chi connectivity index (χ1n) is 9.19. The summed E-state index contributed by atoms with van der Waals surface area (Å²) in [5.41, 5.74) is 6.89. The van der Waals surface area contributed by atoms with Gasteiger partial charge in [-0.05, 0) is 24.6 Å². The van der Waals surface area contributed by atoms with Gasteiger partial charge in [-0.25, -0.2) is 14.2 Å². The zero-order valence-electron chi connectivity index (χ0n) is 15.0. The van der Waals surface area contributed by atoms with Crippen molar-refractivity contribution in [1.29, 1.82) is 0 Å². The van der Waals surface area contributed by atoms with Crippen LogP contribution in [0.4, 0.5) is 9.18 Å². The third-order valence-electron chi connectivity index (χ3n) is 5.51. The molecule has 2 bridgehead atoms. The highest BCUT2D eigenvalue weighted by atomic mass is 32.1. The third kappa shape index (κ3) is 3.08. The van der Waals surface area contributed by atoms with E-state index in [1.807, 2.05) is 24.3 Å². The zero-order valence-corrected chi connectivity index (χ0v) is 15.9. The third-order valence-corrected chi connectivity index (χ3v) is 6.43. The van der Waals surface area contributed by atoms with Crippen LogP contribution in [0.25, 0.3) is 10.2 Å². The van der Waals surface area contributed by atoms with Crippen LogP contribution in [0.2, 0.25) is 0 Å². The molecule has 2 fully saturated rings. The number of hydrogen-bond acceptors (Lipinski definition) is 5. The standard InChI is InChI=1S/C20H19FN4O2S/c21-16-8-15(27-20-23-17-3-1-2-4-18(17)28-20)6-5-12(16)9-24-10-14-7-13(24)11-25(14)19(22)26/h1-6,8,13-14H,7,9-11H2,(H2,22,26). The maximum atomic E-state index is 14.6. The second-order valence-electron chi connectivity index (χ2n) is 7.27. The smallest absolute Gasteiger partial charge is 0.315 e. The number of primary amides is 1.